The number of methoxy groups -OCH3 is 2. The highest BCUT2D eigenvalue weighted by molar-refractivity contribution is 5.71. The third-order valence-electron chi connectivity index (χ3n) is 2.09. The van der Waals surface area contributed by atoms with Crippen LogP contribution in [0.5, 0.6) is 11.5 Å². The molecule has 6 heteroatoms. The SMILES string of the molecule is COc1cccc(OC)c1-c1noc(N)n1. The van der Waals surface area contributed by atoms with E-state index in [9.17, 15) is 0 Å². The van der Waals surface area contributed by atoms with Crippen molar-refractivity contribution in [3.8, 4) is 22.9 Å². The van der Waals surface area contributed by atoms with Gasteiger partial charge in [-0.15, -0.1) is 0 Å². The number of nitrogen functional groups attached to an aromatic ring is 1. The molecule has 84 valence electrons. The van der Waals surface area contributed by atoms with Crippen LogP contribution in [0.3, 0.4) is 0 Å². The number of hydrogen-bond acceptors (Lipinski definition) is 6. The number of benzene rings is 1. The first-order valence-corrected chi connectivity index (χ1v) is 4.56. The van der Waals surface area contributed by atoms with E-state index in [4.69, 9.17) is 19.7 Å². The van der Waals surface area contributed by atoms with Crippen LogP contribution in [0.25, 0.3) is 11.4 Å². The lowest BCUT2D eigenvalue weighted by molar-refractivity contribution is 0.395. The van der Waals surface area contributed by atoms with Gasteiger partial charge in [0, 0.05) is 0 Å². The Bertz CT molecular complexity index is 474. The summed E-state index contributed by atoms with van der Waals surface area (Å²) in [5.41, 5.74) is 6.00. The molecule has 0 aliphatic carbocycles. The van der Waals surface area contributed by atoms with Crippen molar-refractivity contribution >= 4 is 6.01 Å². The minimum absolute atomic E-state index is 0.00274. The molecule has 0 bridgehead atoms. The molecule has 0 amide bonds. The predicted octanol–water partition coefficient (Wildman–Crippen LogP) is 1.34. The quantitative estimate of drug-likeness (QED) is 0.841. The molecule has 0 saturated heterocycles. The van der Waals surface area contributed by atoms with Crippen LogP contribution in [0, 0.1) is 0 Å². The van der Waals surface area contributed by atoms with Crippen LogP contribution in [-0.2, 0) is 0 Å². The van der Waals surface area contributed by atoms with E-state index in [1.54, 1.807) is 26.4 Å². The first kappa shape index (κ1) is 10.3. The first-order valence-electron chi connectivity index (χ1n) is 4.56. The molecule has 0 unspecified atom stereocenters. The van der Waals surface area contributed by atoms with Gasteiger partial charge in [0.15, 0.2) is 0 Å². The van der Waals surface area contributed by atoms with Crippen molar-refractivity contribution in [2.45, 2.75) is 0 Å². The summed E-state index contributed by atoms with van der Waals surface area (Å²) in [4.78, 5) is 3.94. The Kier molecular flexibility index (Phi) is 2.63. The Hall–Kier alpha value is -2.24. The highest BCUT2D eigenvalue weighted by Gasteiger charge is 2.17. The van der Waals surface area contributed by atoms with Crippen LogP contribution in [0.15, 0.2) is 22.7 Å². The molecule has 2 N–H and O–H groups in total. The second-order valence-electron chi connectivity index (χ2n) is 2.99. The monoisotopic (exact) mass is 221 g/mol. The molecular weight excluding hydrogens is 210 g/mol. The van der Waals surface area contributed by atoms with Crippen LogP contribution in [-0.4, -0.2) is 24.4 Å². The van der Waals surface area contributed by atoms with Gasteiger partial charge in [0.2, 0.25) is 5.82 Å². The largest absolute Gasteiger partial charge is 0.496 e. The van der Waals surface area contributed by atoms with Gasteiger partial charge in [0.05, 0.1) is 14.2 Å². The van der Waals surface area contributed by atoms with Gasteiger partial charge in [-0.1, -0.05) is 11.2 Å². The molecule has 1 aromatic heterocycles. The summed E-state index contributed by atoms with van der Waals surface area (Å²) in [5, 5.41) is 3.73. The van der Waals surface area contributed by atoms with Crippen molar-refractivity contribution < 1.29 is 14.0 Å². The molecule has 1 heterocycles. The Balaban J connectivity index is 2.60. The summed E-state index contributed by atoms with van der Waals surface area (Å²) in [7, 11) is 3.11. The van der Waals surface area contributed by atoms with Crippen LogP contribution < -0.4 is 15.2 Å². The zero-order valence-electron chi connectivity index (χ0n) is 8.93. The van der Waals surface area contributed by atoms with E-state index >= 15 is 0 Å². The van der Waals surface area contributed by atoms with E-state index in [0.717, 1.165) is 0 Å². The molecule has 0 aliphatic heterocycles. The van der Waals surface area contributed by atoms with E-state index in [1.807, 2.05) is 6.07 Å². The van der Waals surface area contributed by atoms with Crippen LogP contribution >= 0.6 is 0 Å². The number of ether oxygens (including phenoxy) is 2. The van der Waals surface area contributed by atoms with E-state index < -0.39 is 0 Å². The summed E-state index contributed by atoms with van der Waals surface area (Å²) in [6.45, 7) is 0. The molecule has 16 heavy (non-hydrogen) atoms. The molecule has 0 radical (unpaired) electrons. The zero-order valence-corrected chi connectivity index (χ0v) is 8.93. The fourth-order valence-electron chi connectivity index (χ4n) is 1.41. The number of anilines is 1. The van der Waals surface area contributed by atoms with Crippen molar-refractivity contribution in [3.63, 3.8) is 0 Å². The standard InChI is InChI=1S/C10H11N3O3/c1-14-6-4-3-5-7(15-2)8(6)9-12-10(11)16-13-9/h3-5H,1-2H3,(H2,11,12,13). The summed E-state index contributed by atoms with van der Waals surface area (Å²) in [5.74, 6) is 1.53. The zero-order chi connectivity index (χ0) is 11.5. The number of rotatable bonds is 3. The van der Waals surface area contributed by atoms with Crippen molar-refractivity contribution in [3.05, 3.63) is 18.2 Å². The fourth-order valence-corrected chi connectivity index (χ4v) is 1.41. The van der Waals surface area contributed by atoms with Crippen molar-refractivity contribution in [1.82, 2.24) is 10.1 Å². The third kappa shape index (κ3) is 1.65. The van der Waals surface area contributed by atoms with Gasteiger partial charge in [-0.3, -0.25) is 0 Å². The van der Waals surface area contributed by atoms with Gasteiger partial charge in [-0.2, -0.15) is 4.98 Å². The second-order valence-corrected chi connectivity index (χ2v) is 2.99. The maximum atomic E-state index is 5.38. The highest BCUT2D eigenvalue weighted by Crippen LogP contribution is 2.36. The third-order valence-corrected chi connectivity index (χ3v) is 2.09. The van der Waals surface area contributed by atoms with E-state index in [2.05, 4.69) is 10.1 Å². The molecule has 0 atom stereocenters. The Morgan fingerprint density at radius 1 is 1.19 bits per heavy atom. The minimum atomic E-state index is 0.00274. The summed E-state index contributed by atoms with van der Waals surface area (Å²) >= 11 is 0. The van der Waals surface area contributed by atoms with Crippen molar-refractivity contribution in [2.75, 3.05) is 20.0 Å². The summed E-state index contributed by atoms with van der Waals surface area (Å²) in [6, 6.07) is 5.38. The van der Waals surface area contributed by atoms with Gasteiger partial charge in [0.25, 0.3) is 0 Å². The molecule has 6 nitrogen and oxygen atoms in total. The lowest BCUT2D eigenvalue weighted by Crippen LogP contribution is -1.94. The normalized spacial score (nSPS) is 10.1. The summed E-state index contributed by atoms with van der Waals surface area (Å²) < 4.78 is 15.1. The number of aromatic nitrogens is 2. The second kappa shape index (κ2) is 4.09. The first-order chi connectivity index (χ1) is 7.76. The Morgan fingerprint density at radius 2 is 1.81 bits per heavy atom. The Labute approximate surface area is 92.0 Å². The van der Waals surface area contributed by atoms with E-state index in [1.165, 1.54) is 0 Å². The minimum Gasteiger partial charge on any atom is -0.496 e. The van der Waals surface area contributed by atoms with Crippen molar-refractivity contribution in [1.29, 1.82) is 0 Å². The predicted molar refractivity (Wildman–Crippen MR) is 57.3 cm³/mol. The van der Waals surface area contributed by atoms with Crippen LogP contribution in [0.4, 0.5) is 6.01 Å². The average Bonchev–Trinajstić information content (AvgIpc) is 2.74. The number of nitrogens with two attached hydrogens (primary N) is 1. The Morgan fingerprint density at radius 3 is 2.25 bits per heavy atom. The molecule has 0 aliphatic rings. The molecule has 0 saturated carbocycles. The molecule has 1 aromatic carbocycles. The van der Waals surface area contributed by atoms with Gasteiger partial charge in [0.1, 0.15) is 17.1 Å². The maximum Gasteiger partial charge on any atom is 0.319 e. The van der Waals surface area contributed by atoms with E-state index in [0.29, 0.717) is 22.9 Å². The lowest BCUT2D eigenvalue weighted by Gasteiger charge is -2.09. The van der Waals surface area contributed by atoms with Crippen LogP contribution in [0.2, 0.25) is 0 Å². The molecular formula is C10H11N3O3. The maximum absolute atomic E-state index is 5.38. The molecule has 0 spiro atoms. The summed E-state index contributed by atoms with van der Waals surface area (Å²) in [6.07, 6.45) is 0. The van der Waals surface area contributed by atoms with E-state index in [-0.39, 0.29) is 6.01 Å². The fraction of sp³-hybridized carbons (Fsp3) is 0.200. The lowest BCUT2D eigenvalue weighted by atomic mass is 10.1. The van der Waals surface area contributed by atoms with Gasteiger partial charge in [-0.05, 0) is 12.1 Å². The van der Waals surface area contributed by atoms with Crippen molar-refractivity contribution in [2.24, 2.45) is 0 Å². The number of nitrogens with zero attached hydrogens (tertiary/aromatic N) is 2. The number of hydrogen-bond donors (Lipinski definition) is 1. The highest BCUT2D eigenvalue weighted by atomic mass is 16.5. The van der Waals surface area contributed by atoms with Gasteiger partial charge in [-0.25, -0.2) is 0 Å². The topological polar surface area (TPSA) is 83.4 Å². The molecule has 2 rings (SSSR count). The van der Waals surface area contributed by atoms with Gasteiger partial charge < -0.3 is 19.7 Å². The average molecular weight is 221 g/mol. The smallest absolute Gasteiger partial charge is 0.319 e. The molecule has 0 fully saturated rings. The van der Waals surface area contributed by atoms with Gasteiger partial charge >= 0.3 is 6.01 Å². The van der Waals surface area contributed by atoms with Crippen LogP contribution in [0.1, 0.15) is 0 Å². The molecule has 2 aromatic rings.